The molecule has 0 saturated carbocycles. The molecule has 0 fully saturated rings. The molecule has 0 saturated heterocycles. The number of aromatic nitrogens is 1. The summed E-state index contributed by atoms with van der Waals surface area (Å²) in [5.41, 5.74) is 10.6. The highest BCUT2D eigenvalue weighted by Crippen LogP contribution is 2.40. The molecule has 4 nitrogen and oxygen atoms in total. The number of para-hydroxylation sites is 1. The minimum Gasteiger partial charge on any atom is -0.324 e. The first kappa shape index (κ1) is 34.3. The van der Waals surface area contributed by atoms with Gasteiger partial charge in [0.15, 0.2) is 6.17 Å². The van der Waals surface area contributed by atoms with Crippen LogP contribution in [-0.2, 0) is 6.42 Å². The van der Waals surface area contributed by atoms with Gasteiger partial charge in [-0.2, -0.15) is 0 Å². The molecule has 0 radical (unpaired) electrons. The van der Waals surface area contributed by atoms with Gasteiger partial charge in [0.25, 0.3) is 0 Å². The summed E-state index contributed by atoms with van der Waals surface area (Å²) in [6.45, 7) is 11.5. The predicted molar refractivity (Wildman–Crippen MR) is 233 cm³/mol. The van der Waals surface area contributed by atoms with Crippen LogP contribution in [0.1, 0.15) is 77.8 Å². The van der Waals surface area contributed by atoms with E-state index in [0.717, 1.165) is 57.1 Å². The van der Waals surface area contributed by atoms with Gasteiger partial charge >= 0.3 is 0 Å². The van der Waals surface area contributed by atoms with Crippen molar-refractivity contribution in [3.05, 3.63) is 203 Å². The lowest BCUT2D eigenvalue weighted by molar-refractivity contribution is 0.735. The highest BCUT2D eigenvalue weighted by atomic mass is 15.2. The highest BCUT2D eigenvalue weighted by Gasteiger charge is 2.25. The Morgan fingerprint density at radius 1 is 0.636 bits per heavy atom. The van der Waals surface area contributed by atoms with Crippen LogP contribution >= 0.6 is 0 Å². The Balaban J connectivity index is 1.22. The molecule has 2 heterocycles. The van der Waals surface area contributed by atoms with E-state index < -0.39 is 0 Å². The highest BCUT2D eigenvalue weighted by molar-refractivity contribution is 6.17. The second-order valence-electron chi connectivity index (χ2n) is 14.9. The van der Waals surface area contributed by atoms with E-state index in [1.807, 2.05) is 24.3 Å². The van der Waals surface area contributed by atoms with Gasteiger partial charge in [0, 0.05) is 27.6 Å². The normalized spacial score (nSPS) is 14.9. The molecule has 1 aliphatic heterocycles. The first-order valence-electron chi connectivity index (χ1n) is 19.3. The molecule has 2 unspecified atom stereocenters. The van der Waals surface area contributed by atoms with Crippen LogP contribution < -0.4 is 5.32 Å². The van der Waals surface area contributed by atoms with Gasteiger partial charge in [-0.25, -0.2) is 9.98 Å². The molecule has 0 spiro atoms. The van der Waals surface area contributed by atoms with Crippen molar-refractivity contribution in [3.8, 4) is 5.69 Å². The lowest BCUT2D eigenvalue weighted by atomic mass is 9.82. The van der Waals surface area contributed by atoms with Gasteiger partial charge < -0.3 is 9.88 Å². The number of hydrogen-bond donors (Lipinski definition) is 1. The molecule has 4 heteroatoms. The van der Waals surface area contributed by atoms with Crippen LogP contribution in [0.5, 0.6) is 0 Å². The van der Waals surface area contributed by atoms with Crippen LogP contribution in [0.15, 0.2) is 174 Å². The van der Waals surface area contributed by atoms with E-state index in [9.17, 15) is 0 Å². The maximum Gasteiger partial charge on any atom is 0.169 e. The van der Waals surface area contributed by atoms with Crippen molar-refractivity contribution >= 4 is 50.2 Å². The molecule has 1 aromatic heterocycles. The number of fused-ring (bicyclic) bond motifs is 3. The summed E-state index contributed by atoms with van der Waals surface area (Å²) in [7, 11) is 0. The minimum absolute atomic E-state index is 0.274. The zero-order valence-corrected chi connectivity index (χ0v) is 31.6. The largest absolute Gasteiger partial charge is 0.324 e. The van der Waals surface area contributed by atoms with E-state index in [0.29, 0.717) is 5.92 Å². The molecule has 55 heavy (non-hydrogen) atoms. The summed E-state index contributed by atoms with van der Waals surface area (Å²) in [4.78, 5) is 10.4. The van der Waals surface area contributed by atoms with Gasteiger partial charge in [0.1, 0.15) is 11.7 Å². The van der Waals surface area contributed by atoms with Crippen LogP contribution in [0.4, 0.5) is 0 Å². The van der Waals surface area contributed by atoms with Gasteiger partial charge in [-0.3, -0.25) is 0 Å². The third-order valence-electron chi connectivity index (χ3n) is 11.1. The van der Waals surface area contributed by atoms with Gasteiger partial charge in [0.2, 0.25) is 0 Å². The molecular formula is C51H44N4. The van der Waals surface area contributed by atoms with Crippen molar-refractivity contribution in [1.82, 2.24) is 9.88 Å². The van der Waals surface area contributed by atoms with Crippen LogP contribution in [-0.4, -0.2) is 16.2 Å². The third kappa shape index (κ3) is 6.24. The fourth-order valence-corrected chi connectivity index (χ4v) is 8.52. The Morgan fingerprint density at radius 3 is 1.98 bits per heavy atom. The Hall–Kier alpha value is -6.52. The average molecular weight is 713 g/mol. The quantitative estimate of drug-likeness (QED) is 0.159. The number of rotatable bonds is 9. The van der Waals surface area contributed by atoms with E-state index in [2.05, 4.69) is 177 Å². The van der Waals surface area contributed by atoms with Gasteiger partial charge in [-0.15, -0.1) is 0 Å². The van der Waals surface area contributed by atoms with Crippen LogP contribution in [0, 0.1) is 0 Å². The summed E-state index contributed by atoms with van der Waals surface area (Å²) in [5, 5.41) is 9.83. The first-order valence-corrected chi connectivity index (χ1v) is 19.3. The van der Waals surface area contributed by atoms with E-state index in [1.165, 1.54) is 38.2 Å². The van der Waals surface area contributed by atoms with E-state index in [1.54, 1.807) is 0 Å². The number of hydrogen-bond acceptors (Lipinski definition) is 3. The van der Waals surface area contributed by atoms with E-state index in [-0.39, 0.29) is 12.1 Å². The first-order chi connectivity index (χ1) is 27.0. The standard InChI is InChI=1S/C51H44N4/c1-5-45-44(30-34(4)48-40(33(2)3)29-28-35-18-12-15-25-42(35)48)43-26-16-17-27-46(43)55(45)47-32-39(31-38-23-13-14-24-41(38)47)51-53-49(36-19-8-6-9-20-36)52-50(54-51)37-21-10-7-11-22-37/h5-29,31-34,49H,1,30H2,2-4H3,(H,52,53,54). The van der Waals surface area contributed by atoms with Crippen molar-refractivity contribution in [3.63, 3.8) is 0 Å². The topological polar surface area (TPSA) is 41.7 Å². The lowest BCUT2D eigenvalue weighted by Gasteiger charge is -2.23. The van der Waals surface area contributed by atoms with Crippen LogP contribution in [0.2, 0.25) is 0 Å². The lowest BCUT2D eigenvalue weighted by Crippen LogP contribution is -2.36. The molecule has 9 rings (SSSR count). The summed E-state index contributed by atoms with van der Waals surface area (Å²) in [5.74, 6) is 2.28. The van der Waals surface area contributed by atoms with Gasteiger partial charge in [-0.05, 0) is 80.9 Å². The van der Waals surface area contributed by atoms with Crippen molar-refractivity contribution in [2.24, 2.45) is 9.98 Å². The monoisotopic (exact) mass is 712 g/mol. The van der Waals surface area contributed by atoms with Crippen LogP contribution in [0.3, 0.4) is 0 Å². The second-order valence-corrected chi connectivity index (χ2v) is 14.9. The van der Waals surface area contributed by atoms with Gasteiger partial charge in [-0.1, -0.05) is 167 Å². The fraction of sp³-hybridized carbons (Fsp3) is 0.137. The Labute approximate surface area is 323 Å². The number of aliphatic imine (C=N–C) groups is 2. The molecule has 0 bridgehead atoms. The molecule has 268 valence electrons. The predicted octanol–water partition coefficient (Wildman–Crippen LogP) is 12.5. The SMILES string of the molecule is C=Cc1c(CC(C)c2c(C(C)C)ccc3ccccc23)c2ccccc2n1-c1cc(C2=NC(c3ccccc3)N=C(c3ccccc3)N2)cc2ccccc12. The molecular weight excluding hydrogens is 669 g/mol. The zero-order valence-electron chi connectivity index (χ0n) is 31.6. The Morgan fingerprint density at radius 2 is 1.25 bits per heavy atom. The zero-order chi connectivity index (χ0) is 37.5. The average Bonchev–Trinajstić information content (AvgIpc) is 3.55. The van der Waals surface area contributed by atoms with Crippen molar-refractivity contribution in [2.75, 3.05) is 0 Å². The maximum absolute atomic E-state index is 5.26. The summed E-state index contributed by atoms with van der Waals surface area (Å²) < 4.78 is 2.42. The Kier molecular flexibility index (Phi) is 8.95. The summed E-state index contributed by atoms with van der Waals surface area (Å²) in [6.07, 6.45) is 2.55. The van der Waals surface area contributed by atoms with Crippen molar-refractivity contribution in [2.45, 2.75) is 45.2 Å². The minimum atomic E-state index is -0.378. The molecule has 0 aliphatic carbocycles. The smallest absolute Gasteiger partial charge is 0.169 e. The van der Waals surface area contributed by atoms with Crippen molar-refractivity contribution in [1.29, 1.82) is 0 Å². The Bertz CT molecular complexity index is 2770. The molecule has 1 aliphatic rings. The number of amidine groups is 2. The molecule has 1 N–H and O–H groups in total. The molecule has 8 aromatic rings. The fourth-order valence-electron chi connectivity index (χ4n) is 8.52. The number of nitrogens with zero attached hydrogens (tertiary/aromatic N) is 3. The number of nitrogens with one attached hydrogen (secondary N) is 1. The van der Waals surface area contributed by atoms with Crippen molar-refractivity contribution < 1.29 is 0 Å². The summed E-state index contributed by atoms with van der Waals surface area (Å²) in [6, 6.07) is 56.1. The van der Waals surface area contributed by atoms with E-state index in [4.69, 9.17) is 9.98 Å². The molecule has 7 aromatic carbocycles. The van der Waals surface area contributed by atoms with Gasteiger partial charge in [0.05, 0.1) is 11.2 Å². The molecule has 2 atom stereocenters. The third-order valence-corrected chi connectivity index (χ3v) is 11.1. The molecule has 0 amide bonds. The number of benzene rings is 7. The second kappa shape index (κ2) is 14.4. The van der Waals surface area contributed by atoms with E-state index >= 15 is 0 Å². The van der Waals surface area contributed by atoms with Crippen LogP contribution in [0.25, 0.3) is 44.2 Å². The maximum atomic E-state index is 5.26. The summed E-state index contributed by atoms with van der Waals surface area (Å²) >= 11 is 0.